The van der Waals surface area contributed by atoms with Crippen LogP contribution in [0.3, 0.4) is 0 Å². The number of carbonyl (C=O) groups excluding carboxylic acids is 1. The summed E-state index contributed by atoms with van der Waals surface area (Å²) >= 11 is 0. The summed E-state index contributed by atoms with van der Waals surface area (Å²) in [5.74, 6) is 1.62. The maximum absolute atomic E-state index is 12.4. The summed E-state index contributed by atoms with van der Waals surface area (Å²) in [6.07, 6.45) is 2.43. The van der Waals surface area contributed by atoms with Crippen LogP contribution in [-0.4, -0.2) is 31.2 Å². The van der Waals surface area contributed by atoms with E-state index < -0.39 is 0 Å². The molecule has 148 valence electrons. The summed E-state index contributed by atoms with van der Waals surface area (Å²) in [6.45, 7) is 2.11. The number of pyridine rings is 1. The van der Waals surface area contributed by atoms with Crippen molar-refractivity contribution in [2.24, 2.45) is 0 Å². The zero-order valence-electron chi connectivity index (χ0n) is 16.4. The van der Waals surface area contributed by atoms with Gasteiger partial charge in [-0.1, -0.05) is 30.3 Å². The van der Waals surface area contributed by atoms with Gasteiger partial charge in [-0.3, -0.25) is 0 Å². The van der Waals surface area contributed by atoms with Crippen molar-refractivity contribution in [1.29, 1.82) is 0 Å². The number of nitrogens with one attached hydrogen (secondary N) is 2. The van der Waals surface area contributed by atoms with Crippen LogP contribution in [-0.2, 0) is 0 Å². The van der Waals surface area contributed by atoms with Gasteiger partial charge in [-0.25, -0.2) is 9.78 Å². The molecule has 0 spiro atoms. The number of urea groups is 1. The summed E-state index contributed by atoms with van der Waals surface area (Å²) in [5.41, 5.74) is 3.16. The first-order chi connectivity index (χ1) is 14.2. The molecule has 0 aliphatic carbocycles. The average molecular weight is 388 g/mol. The van der Waals surface area contributed by atoms with E-state index in [0.29, 0.717) is 17.1 Å². The van der Waals surface area contributed by atoms with Crippen LogP contribution in [0.5, 0.6) is 5.75 Å². The van der Waals surface area contributed by atoms with Crippen LogP contribution in [0.1, 0.15) is 12.8 Å². The highest BCUT2D eigenvalue weighted by Gasteiger charge is 2.14. The molecule has 2 aromatic carbocycles. The van der Waals surface area contributed by atoms with Gasteiger partial charge in [0, 0.05) is 24.3 Å². The standard InChI is InChI=1S/C23H24N4O2/c1-29-21-12-3-2-10-20(21)26-23(28)24-18-9-6-8-17(16-18)19-11-7-13-22(25-19)27-14-4-5-15-27/h2-3,6-13,16H,4-5,14-15H2,1H3,(H2,24,26,28). The molecule has 0 radical (unpaired) electrons. The van der Waals surface area contributed by atoms with E-state index >= 15 is 0 Å². The van der Waals surface area contributed by atoms with E-state index in [1.165, 1.54) is 12.8 Å². The molecule has 1 aliphatic rings. The largest absolute Gasteiger partial charge is 0.495 e. The Morgan fingerprint density at radius 1 is 0.966 bits per heavy atom. The minimum Gasteiger partial charge on any atom is -0.495 e. The molecule has 2 amide bonds. The van der Waals surface area contributed by atoms with Crippen molar-refractivity contribution in [2.75, 3.05) is 35.7 Å². The molecule has 29 heavy (non-hydrogen) atoms. The quantitative estimate of drug-likeness (QED) is 0.645. The molecule has 1 aromatic heterocycles. The smallest absolute Gasteiger partial charge is 0.323 e. The van der Waals surface area contributed by atoms with E-state index in [2.05, 4.69) is 21.6 Å². The number of nitrogens with zero attached hydrogens (tertiary/aromatic N) is 2. The normalized spacial score (nSPS) is 13.2. The van der Waals surface area contributed by atoms with Gasteiger partial charge < -0.3 is 20.3 Å². The highest BCUT2D eigenvalue weighted by Crippen LogP contribution is 2.26. The van der Waals surface area contributed by atoms with Crippen molar-refractivity contribution in [2.45, 2.75) is 12.8 Å². The van der Waals surface area contributed by atoms with Gasteiger partial charge >= 0.3 is 6.03 Å². The van der Waals surface area contributed by atoms with Gasteiger partial charge in [0.15, 0.2) is 0 Å². The molecule has 6 heteroatoms. The minimum atomic E-state index is -0.328. The first kappa shape index (κ1) is 18.8. The lowest BCUT2D eigenvalue weighted by molar-refractivity contribution is 0.262. The molecule has 3 aromatic rings. The Morgan fingerprint density at radius 2 is 1.76 bits per heavy atom. The van der Waals surface area contributed by atoms with Crippen molar-refractivity contribution in [3.05, 3.63) is 66.7 Å². The Hall–Kier alpha value is -3.54. The van der Waals surface area contributed by atoms with Gasteiger partial charge in [0.25, 0.3) is 0 Å². The van der Waals surface area contributed by atoms with Crippen LogP contribution in [0.2, 0.25) is 0 Å². The number of benzene rings is 2. The Kier molecular flexibility index (Phi) is 5.61. The predicted octanol–water partition coefficient (Wildman–Crippen LogP) is 5.00. The number of hydrogen-bond acceptors (Lipinski definition) is 4. The number of amides is 2. The number of carbonyl (C=O) groups is 1. The van der Waals surface area contributed by atoms with Crippen molar-refractivity contribution < 1.29 is 9.53 Å². The highest BCUT2D eigenvalue weighted by molar-refractivity contribution is 6.01. The first-order valence-electron chi connectivity index (χ1n) is 9.76. The van der Waals surface area contributed by atoms with Gasteiger partial charge in [0.1, 0.15) is 11.6 Å². The zero-order valence-corrected chi connectivity index (χ0v) is 16.4. The van der Waals surface area contributed by atoms with Crippen molar-refractivity contribution >= 4 is 23.2 Å². The number of anilines is 3. The second kappa shape index (κ2) is 8.65. The molecular formula is C23H24N4O2. The third-order valence-corrected chi connectivity index (χ3v) is 4.94. The minimum absolute atomic E-state index is 0.328. The van der Waals surface area contributed by atoms with Crippen LogP contribution in [0.15, 0.2) is 66.7 Å². The average Bonchev–Trinajstić information content (AvgIpc) is 3.29. The molecule has 1 fully saturated rings. The second-order valence-electron chi connectivity index (χ2n) is 6.94. The summed E-state index contributed by atoms with van der Waals surface area (Å²) < 4.78 is 5.27. The van der Waals surface area contributed by atoms with Gasteiger partial charge in [-0.15, -0.1) is 0 Å². The lowest BCUT2D eigenvalue weighted by atomic mass is 10.1. The molecule has 2 N–H and O–H groups in total. The third-order valence-electron chi connectivity index (χ3n) is 4.94. The fourth-order valence-electron chi connectivity index (χ4n) is 3.50. The number of para-hydroxylation sites is 2. The summed E-state index contributed by atoms with van der Waals surface area (Å²) in [4.78, 5) is 19.6. The second-order valence-corrected chi connectivity index (χ2v) is 6.94. The van der Waals surface area contributed by atoms with E-state index in [-0.39, 0.29) is 6.03 Å². The van der Waals surface area contributed by atoms with Crippen LogP contribution in [0.4, 0.5) is 22.0 Å². The number of ether oxygens (including phenoxy) is 1. The fourth-order valence-corrected chi connectivity index (χ4v) is 3.50. The van der Waals surface area contributed by atoms with Gasteiger partial charge in [-0.05, 0) is 49.2 Å². The molecule has 4 rings (SSSR count). The van der Waals surface area contributed by atoms with Crippen molar-refractivity contribution in [3.8, 4) is 17.0 Å². The van der Waals surface area contributed by atoms with Gasteiger partial charge in [0.2, 0.25) is 0 Å². The predicted molar refractivity (Wildman–Crippen MR) is 117 cm³/mol. The maximum Gasteiger partial charge on any atom is 0.323 e. The van der Waals surface area contributed by atoms with E-state index in [0.717, 1.165) is 30.2 Å². The Balaban J connectivity index is 1.49. The van der Waals surface area contributed by atoms with Crippen molar-refractivity contribution in [3.63, 3.8) is 0 Å². The number of hydrogen-bond donors (Lipinski definition) is 2. The number of aromatic nitrogens is 1. The summed E-state index contributed by atoms with van der Waals surface area (Å²) in [6, 6.07) is 20.7. The summed E-state index contributed by atoms with van der Waals surface area (Å²) in [7, 11) is 1.57. The maximum atomic E-state index is 12.4. The molecular weight excluding hydrogens is 364 g/mol. The topological polar surface area (TPSA) is 66.5 Å². The molecule has 1 aliphatic heterocycles. The van der Waals surface area contributed by atoms with Crippen LogP contribution >= 0.6 is 0 Å². The molecule has 0 saturated carbocycles. The number of rotatable bonds is 5. The van der Waals surface area contributed by atoms with E-state index in [4.69, 9.17) is 9.72 Å². The molecule has 0 bridgehead atoms. The summed E-state index contributed by atoms with van der Waals surface area (Å²) in [5, 5.41) is 5.70. The Labute approximate surface area is 170 Å². The van der Waals surface area contributed by atoms with Crippen LogP contribution in [0, 0.1) is 0 Å². The van der Waals surface area contributed by atoms with Gasteiger partial charge in [0.05, 0.1) is 18.5 Å². The first-order valence-corrected chi connectivity index (χ1v) is 9.76. The van der Waals surface area contributed by atoms with E-state index in [1.807, 2.05) is 48.5 Å². The van der Waals surface area contributed by atoms with Crippen LogP contribution < -0.4 is 20.3 Å². The molecule has 2 heterocycles. The monoisotopic (exact) mass is 388 g/mol. The SMILES string of the molecule is COc1ccccc1NC(=O)Nc1cccc(-c2cccc(N3CCCC3)n2)c1. The van der Waals surface area contributed by atoms with E-state index in [1.54, 1.807) is 19.2 Å². The van der Waals surface area contributed by atoms with Crippen LogP contribution in [0.25, 0.3) is 11.3 Å². The molecule has 6 nitrogen and oxygen atoms in total. The third kappa shape index (κ3) is 4.48. The van der Waals surface area contributed by atoms with Gasteiger partial charge in [-0.2, -0.15) is 0 Å². The molecule has 0 atom stereocenters. The lowest BCUT2D eigenvalue weighted by Crippen LogP contribution is -2.20. The molecule has 1 saturated heterocycles. The highest BCUT2D eigenvalue weighted by atomic mass is 16.5. The van der Waals surface area contributed by atoms with E-state index in [9.17, 15) is 4.79 Å². The molecule has 0 unspecified atom stereocenters. The lowest BCUT2D eigenvalue weighted by Gasteiger charge is -2.17. The number of methoxy groups -OCH3 is 1. The Bertz CT molecular complexity index is 999. The van der Waals surface area contributed by atoms with Crippen molar-refractivity contribution in [1.82, 2.24) is 4.98 Å². The Morgan fingerprint density at radius 3 is 2.59 bits per heavy atom. The zero-order chi connectivity index (χ0) is 20.1. The fraction of sp³-hybridized carbons (Fsp3) is 0.217.